The summed E-state index contributed by atoms with van der Waals surface area (Å²) in [5.74, 6) is 2.23. The summed E-state index contributed by atoms with van der Waals surface area (Å²) in [6.07, 6.45) is 0.961. The molecule has 0 saturated carbocycles. The second-order valence-electron chi connectivity index (χ2n) is 8.55. The zero-order valence-electron chi connectivity index (χ0n) is 19.4. The van der Waals surface area contributed by atoms with E-state index in [1.165, 1.54) is 18.5 Å². The Morgan fingerprint density at radius 1 is 0.971 bits per heavy atom. The van der Waals surface area contributed by atoms with Crippen LogP contribution in [0.1, 0.15) is 34.4 Å². The van der Waals surface area contributed by atoms with E-state index in [0.29, 0.717) is 23.0 Å². The average molecular weight is 471 g/mol. The molecule has 2 aliphatic heterocycles. The Morgan fingerprint density at radius 2 is 1.83 bits per heavy atom. The third kappa shape index (κ3) is 3.41. The van der Waals surface area contributed by atoms with Gasteiger partial charge in [-0.15, -0.1) is 0 Å². The Labute approximate surface area is 201 Å². The number of benzene rings is 3. The van der Waals surface area contributed by atoms with Gasteiger partial charge >= 0.3 is 0 Å². The highest BCUT2D eigenvalue weighted by Gasteiger charge is 2.41. The number of ether oxygens (including phenoxy) is 3. The molecule has 3 aromatic carbocycles. The molecule has 6 rings (SSSR count). The first-order valence-electron chi connectivity index (χ1n) is 11.2. The number of rotatable bonds is 4. The fourth-order valence-corrected chi connectivity index (χ4v) is 4.87. The van der Waals surface area contributed by atoms with Gasteiger partial charge in [-0.3, -0.25) is 0 Å². The van der Waals surface area contributed by atoms with Crippen molar-refractivity contribution in [2.24, 2.45) is 0 Å². The highest BCUT2D eigenvalue weighted by atomic mass is 19.1. The van der Waals surface area contributed by atoms with Gasteiger partial charge in [-0.25, -0.2) is 9.07 Å². The Morgan fingerprint density at radius 3 is 2.63 bits per heavy atom. The van der Waals surface area contributed by atoms with Crippen LogP contribution < -0.4 is 19.5 Å². The number of aryl methyl sites for hydroxylation is 1. The van der Waals surface area contributed by atoms with Crippen molar-refractivity contribution in [1.82, 2.24) is 14.8 Å². The number of halogens is 1. The molecule has 0 spiro atoms. The van der Waals surface area contributed by atoms with E-state index in [1.807, 2.05) is 48.0 Å². The van der Waals surface area contributed by atoms with Gasteiger partial charge in [0.05, 0.1) is 19.9 Å². The molecular formula is C27H23FN4O3. The molecule has 8 heteroatoms. The van der Waals surface area contributed by atoms with E-state index in [0.717, 1.165) is 33.7 Å². The van der Waals surface area contributed by atoms with E-state index in [1.54, 1.807) is 20.3 Å². The summed E-state index contributed by atoms with van der Waals surface area (Å²) in [6, 6.07) is 17.9. The van der Waals surface area contributed by atoms with E-state index in [9.17, 15) is 4.39 Å². The maximum absolute atomic E-state index is 14.3. The minimum Gasteiger partial charge on any atom is -0.493 e. The Kier molecular flexibility index (Phi) is 4.95. The first kappa shape index (κ1) is 21.2. The van der Waals surface area contributed by atoms with Gasteiger partial charge in [0.25, 0.3) is 0 Å². The van der Waals surface area contributed by atoms with Gasteiger partial charge in [0.1, 0.15) is 30.0 Å². The fraction of sp³-hybridized carbons (Fsp3) is 0.185. The van der Waals surface area contributed by atoms with Crippen molar-refractivity contribution >= 4 is 11.6 Å². The molecule has 4 aromatic rings. The van der Waals surface area contributed by atoms with Crippen molar-refractivity contribution in [3.8, 4) is 17.2 Å². The lowest BCUT2D eigenvalue weighted by Gasteiger charge is -2.39. The molecule has 2 aliphatic rings. The molecule has 7 nitrogen and oxygen atoms in total. The average Bonchev–Trinajstić information content (AvgIpc) is 3.35. The zero-order valence-corrected chi connectivity index (χ0v) is 19.4. The largest absolute Gasteiger partial charge is 0.493 e. The topological polar surface area (TPSA) is 70.4 Å². The Bertz CT molecular complexity index is 1480. The lowest BCUT2D eigenvalue weighted by atomic mass is 9.84. The number of aromatic nitrogens is 3. The van der Waals surface area contributed by atoms with E-state index in [-0.39, 0.29) is 11.9 Å². The number of anilines is 1. The summed E-state index contributed by atoms with van der Waals surface area (Å²) >= 11 is 0. The van der Waals surface area contributed by atoms with Gasteiger partial charge in [0.2, 0.25) is 5.95 Å². The molecule has 0 bridgehead atoms. The SMILES string of the molecule is COc1ccc([C@H]2C3=C(Nc4ncnn42)c2cc(C)ccc2O[C@H]3c2cccc(F)c2)cc1OC. The highest BCUT2D eigenvalue weighted by molar-refractivity contribution is 5.85. The predicted molar refractivity (Wildman–Crippen MR) is 129 cm³/mol. The molecule has 1 aromatic heterocycles. The molecule has 0 radical (unpaired) electrons. The fourth-order valence-electron chi connectivity index (χ4n) is 4.87. The molecule has 0 amide bonds. The molecule has 176 valence electrons. The van der Waals surface area contributed by atoms with Gasteiger partial charge in [-0.2, -0.15) is 10.1 Å². The minimum atomic E-state index is -0.557. The summed E-state index contributed by atoms with van der Waals surface area (Å²) < 4.78 is 33.8. The van der Waals surface area contributed by atoms with Crippen molar-refractivity contribution in [2.45, 2.75) is 19.1 Å². The van der Waals surface area contributed by atoms with Crippen LogP contribution in [0.15, 0.2) is 72.6 Å². The Hall–Kier alpha value is -4.33. The van der Waals surface area contributed by atoms with E-state index in [4.69, 9.17) is 14.2 Å². The van der Waals surface area contributed by atoms with Crippen LogP contribution in [0.4, 0.5) is 10.3 Å². The van der Waals surface area contributed by atoms with Gasteiger partial charge in [-0.05, 0) is 54.4 Å². The van der Waals surface area contributed by atoms with Crippen molar-refractivity contribution in [3.63, 3.8) is 0 Å². The van der Waals surface area contributed by atoms with Crippen LogP contribution in [0.3, 0.4) is 0 Å². The van der Waals surface area contributed by atoms with Crippen molar-refractivity contribution in [2.75, 3.05) is 19.5 Å². The third-order valence-corrected chi connectivity index (χ3v) is 6.44. The van der Waals surface area contributed by atoms with Gasteiger partial charge < -0.3 is 19.5 Å². The van der Waals surface area contributed by atoms with Crippen LogP contribution in [-0.2, 0) is 0 Å². The van der Waals surface area contributed by atoms with E-state index < -0.39 is 6.10 Å². The summed E-state index contributed by atoms with van der Waals surface area (Å²) in [6.45, 7) is 2.04. The molecule has 0 fully saturated rings. The molecular weight excluding hydrogens is 447 g/mol. The molecule has 35 heavy (non-hydrogen) atoms. The van der Waals surface area contributed by atoms with Gasteiger partial charge in [-0.1, -0.05) is 29.8 Å². The van der Waals surface area contributed by atoms with Gasteiger partial charge in [0, 0.05) is 11.1 Å². The maximum Gasteiger partial charge on any atom is 0.226 e. The number of nitrogens with zero attached hydrogens (tertiary/aromatic N) is 3. The molecule has 3 heterocycles. The molecule has 0 saturated heterocycles. The van der Waals surface area contributed by atoms with E-state index >= 15 is 0 Å². The number of nitrogens with one attached hydrogen (secondary N) is 1. The second kappa shape index (κ2) is 8.16. The summed E-state index contributed by atoms with van der Waals surface area (Å²) in [5.41, 5.74) is 5.42. The minimum absolute atomic E-state index is 0.323. The van der Waals surface area contributed by atoms with Crippen LogP contribution in [0.2, 0.25) is 0 Å². The van der Waals surface area contributed by atoms with Crippen LogP contribution in [0.5, 0.6) is 17.2 Å². The quantitative estimate of drug-likeness (QED) is 0.436. The molecule has 1 N–H and O–H groups in total. The first-order chi connectivity index (χ1) is 17.1. The van der Waals surface area contributed by atoms with Crippen LogP contribution in [-0.4, -0.2) is 29.0 Å². The Balaban J connectivity index is 1.63. The van der Waals surface area contributed by atoms with Crippen LogP contribution >= 0.6 is 0 Å². The van der Waals surface area contributed by atoms with Crippen LogP contribution in [0, 0.1) is 12.7 Å². The van der Waals surface area contributed by atoms with Gasteiger partial charge in [0.15, 0.2) is 11.5 Å². The van der Waals surface area contributed by atoms with Crippen LogP contribution in [0.25, 0.3) is 5.70 Å². The lowest BCUT2D eigenvalue weighted by molar-refractivity contribution is 0.222. The second-order valence-corrected chi connectivity index (χ2v) is 8.55. The highest BCUT2D eigenvalue weighted by Crippen LogP contribution is 2.51. The summed E-state index contributed by atoms with van der Waals surface area (Å²) in [4.78, 5) is 4.46. The number of fused-ring (bicyclic) bond motifs is 3. The normalized spacial score (nSPS) is 18.1. The van der Waals surface area contributed by atoms with Crippen molar-refractivity contribution < 1.29 is 18.6 Å². The molecule has 0 unspecified atom stereocenters. The predicted octanol–water partition coefficient (Wildman–Crippen LogP) is 5.30. The summed E-state index contributed by atoms with van der Waals surface area (Å²) in [7, 11) is 3.21. The van der Waals surface area contributed by atoms with Crippen molar-refractivity contribution in [1.29, 1.82) is 0 Å². The number of hydrogen-bond donors (Lipinski definition) is 1. The standard InChI is InChI=1S/C27H23FN4O3/c1-15-7-9-20-19(11-15)24-23(26(35-20)17-5-4-6-18(28)12-17)25(32-27(31-24)29-14-30-32)16-8-10-21(33-2)22(13-16)34-3/h4-14,25-26H,1-3H3,(H,29,30,31)/t25-,26-/m0/s1. The first-order valence-corrected chi connectivity index (χ1v) is 11.2. The zero-order chi connectivity index (χ0) is 24.1. The lowest BCUT2D eigenvalue weighted by Crippen LogP contribution is -2.32. The number of methoxy groups -OCH3 is 2. The summed E-state index contributed by atoms with van der Waals surface area (Å²) in [5, 5.41) is 8.00. The monoisotopic (exact) mass is 470 g/mol. The molecule has 0 aliphatic carbocycles. The van der Waals surface area contributed by atoms with E-state index in [2.05, 4.69) is 21.5 Å². The smallest absolute Gasteiger partial charge is 0.226 e. The molecule has 2 atom stereocenters. The maximum atomic E-state index is 14.3. The van der Waals surface area contributed by atoms with Crippen molar-refractivity contribution in [3.05, 3.63) is 101 Å². The number of hydrogen-bond acceptors (Lipinski definition) is 6. The third-order valence-electron chi connectivity index (χ3n) is 6.44.